The summed E-state index contributed by atoms with van der Waals surface area (Å²) in [6.07, 6.45) is 3.71. The minimum Gasteiger partial charge on any atom is -0.261 e. The van der Waals surface area contributed by atoms with Crippen LogP contribution in [-0.2, 0) is 16.3 Å². The first-order valence-electron chi connectivity index (χ1n) is 8.22. The quantitative estimate of drug-likeness (QED) is 0.649. The van der Waals surface area contributed by atoms with Gasteiger partial charge in [-0.3, -0.25) is 9.97 Å². The van der Waals surface area contributed by atoms with Crippen molar-refractivity contribution >= 4 is 21.4 Å². The maximum Gasteiger partial charge on any atom is 0.175 e. The van der Waals surface area contributed by atoms with E-state index >= 15 is 0 Å². The minimum atomic E-state index is -3.24. The number of sulfone groups is 1. The van der Waals surface area contributed by atoms with Crippen molar-refractivity contribution in [2.24, 2.45) is 0 Å². The van der Waals surface area contributed by atoms with Crippen molar-refractivity contribution < 1.29 is 8.42 Å². The number of benzene rings is 1. The van der Waals surface area contributed by atoms with Crippen LogP contribution in [0.4, 0.5) is 0 Å². The lowest BCUT2D eigenvalue weighted by atomic mass is 9.99. The maximum atomic E-state index is 11.7. The SMILES string of the molecule is CCc1nc(-c2ccc(C)nc2)c(-c2ccc(S(C)(=O)=O)cc2)cc1Cl. The van der Waals surface area contributed by atoms with Crippen molar-refractivity contribution in [2.45, 2.75) is 25.2 Å². The Morgan fingerprint density at radius 3 is 2.23 bits per heavy atom. The van der Waals surface area contributed by atoms with Crippen LogP contribution in [-0.4, -0.2) is 24.6 Å². The Kier molecular flexibility index (Phi) is 5.12. The largest absolute Gasteiger partial charge is 0.261 e. The molecule has 3 aromatic rings. The van der Waals surface area contributed by atoms with E-state index in [4.69, 9.17) is 16.6 Å². The van der Waals surface area contributed by atoms with Crippen molar-refractivity contribution in [3.05, 3.63) is 65.1 Å². The summed E-state index contributed by atoms with van der Waals surface area (Å²) in [5.41, 5.74) is 5.12. The van der Waals surface area contributed by atoms with Crippen LogP contribution in [0.5, 0.6) is 0 Å². The highest BCUT2D eigenvalue weighted by molar-refractivity contribution is 7.90. The minimum absolute atomic E-state index is 0.282. The molecule has 0 amide bonds. The van der Waals surface area contributed by atoms with Crippen molar-refractivity contribution in [2.75, 3.05) is 6.26 Å². The van der Waals surface area contributed by atoms with Gasteiger partial charge in [0.15, 0.2) is 9.84 Å². The monoisotopic (exact) mass is 386 g/mol. The Morgan fingerprint density at radius 2 is 1.69 bits per heavy atom. The van der Waals surface area contributed by atoms with Crippen molar-refractivity contribution in [3.63, 3.8) is 0 Å². The second kappa shape index (κ2) is 7.17. The van der Waals surface area contributed by atoms with Crippen LogP contribution in [0.1, 0.15) is 18.3 Å². The van der Waals surface area contributed by atoms with Crippen LogP contribution < -0.4 is 0 Å². The predicted octanol–water partition coefficient (Wildman–Crippen LogP) is 4.74. The first kappa shape index (κ1) is 18.5. The Balaban J connectivity index is 2.19. The lowest BCUT2D eigenvalue weighted by Crippen LogP contribution is -1.98. The Hall–Kier alpha value is -2.24. The predicted molar refractivity (Wildman–Crippen MR) is 105 cm³/mol. The van der Waals surface area contributed by atoms with Gasteiger partial charge in [0.05, 0.1) is 21.3 Å². The molecule has 0 N–H and O–H groups in total. The number of hydrogen-bond donors (Lipinski definition) is 0. The van der Waals surface area contributed by atoms with Crippen LogP contribution in [0.3, 0.4) is 0 Å². The third-order valence-corrected chi connectivity index (χ3v) is 5.62. The Labute approximate surface area is 158 Å². The number of aryl methyl sites for hydroxylation is 2. The van der Waals surface area contributed by atoms with Gasteiger partial charge in [-0.1, -0.05) is 30.7 Å². The number of pyridine rings is 2. The van der Waals surface area contributed by atoms with Gasteiger partial charge in [-0.15, -0.1) is 0 Å². The van der Waals surface area contributed by atoms with Gasteiger partial charge in [-0.25, -0.2) is 8.42 Å². The summed E-state index contributed by atoms with van der Waals surface area (Å²) in [4.78, 5) is 9.39. The van der Waals surface area contributed by atoms with E-state index in [0.29, 0.717) is 5.02 Å². The third kappa shape index (κ3) is 3.79. The average Bonchev–Trinajstić information content (AvgIpc) is 2.62. The van der Waals surface area contributed by atoms with Gasteiger partial charge >= 0.3 is 0 Å². The number of aromatic nitrogens is 2. The van der Waals surface area contributed by atoms with E-state index in [2.05, 4.69) is 4.98 Å². The Bertz CT molecular complexity index is 1040. The lowest BCUT2D eigenvalue weighted by Gasteiger charge is -2.13. The molecule has 0 spiro atoms. The highest BCUT2D eigenvalue weighted by Crippen LogP contribution is 2.34. The molecule has 0 aliphatic rings. The van der Waals surface area contributed by atoms with E-state index in [1.54, 1.807) is 30.5 Å². The number of rotatable bonds is 4. The summed E-state index contributed by atoms with van der Waals surface area (Å²) in [6.45, 7) is 3.94. The van der Waals surface area contributed by atoms with Crippen LogP contribution in [0, 0.1) is 6.92 Å². The smallest absolute Gasteiger partial charge is 0.175 e. The van der Waals surface area contributed by atoms with Crippen molar-refractivity contribution in [3.8, 4) is 22.4 Å². The van der Waals surface area contributed by atoms with Gasteiger partial charge in [0, 0.05) is 29.3 Å². The zero-order chi connectivity index (χ0) is 18.9. The third-order valence-electron chi connectivity index (χ3n) is 4.16. The molecule has 0 saturated heterocycles. The zero-order valence-electron chi connectivity index (χ0n) is 14.8. The van der Waals surface area contributed by atoms with Crippen LogP contribution in [0.2, 0.25) is 5.02 Å². The molecule has 0 bridgehead atoms. The first-order valence-corrected chi connectivity index (χ1v) is 10.5. The molecule has 0 atom stereocenters. The molecule has 3 rings (SSSR count). The highest BCUT2D eigenvalue weighted by atomic mass is 35.5. The summed E-state index contributed by atoms with van der Waals surface area (Å²) in [7, 11) is -3.24. The van der Waals surface area contributed by atoms with E-state index in [0.717, 1.165) is 40.2 Å². The zero-order valence-corrected chi connectivity index (χ0v) is 16.4. The molecule has 0 aliphatic heterocycles. The fraction of sp³-hybridized carbons (Fsp3) is 0.200. The molecule has 4 nitrogen and oxygen atoms in total. The van der Waals surface area contributed by atoms with Crippen LogP contribution in [0.25, 0.3) is 22.4 Å². The van der Waals surface area contributed by atoms with Crippen molar-refractivity contribution in [1.29, 1.82) is 0 Å². The highest BCUT2D eigenvalue weighted by Gasteiger charge is 2.15. The van der Waals surface area contributed by atoms with E-state index in [-0.39, 0.29) is 4.90 Å². The molecule has 2 heterocycles. The average molecular weight is 387 g/mol. The molecule has 0 saturated carbocycles. The molecule has 0 radical (unpaired) electrons. The molecule has 2 aromatic heterocycles. The summed E-state index contributed by atoms with van der Waals surface area (Å²) < 4.78 is 23.4. The van der Waals surface area contributed by atoms with Gasteiger partial charge < -0.3 is 0 Å². The van der Waals surface area contributed by atoms with Gasteiger partial charge in [0.1, 0.15) is 0 Å². The van der Waals surface area contributed by atoms with E-state index < -0.39 is 9.84 Å². The number of nitrogens with zero attached hydrogens (tertiary/aromatic N) is 2. The molecule has 0 fully saturated rings. The Morgan fingerprint density at radius 1 is 1.04 bits per heavy atom. The van der Waals surface area contributed by atoms with E-state index in [1.807, 2.05) is 32.0 Å². The molecular formula is C20H19ClN2O2S. The van der Waals surface area contributed by atoms with Gasteiger partial charge in [-0.05, 0) is 49.2 Å². The first-order chi connectivity index (χ1) is 12.3. The van der Waals surface area contributed by atoms with E-state index in [1.165, 1.54) is 6.26 Å². The maximum absolute atomic E-state index is 11.7. The lowest BCUT2D eigenvalue weighted by molar-refractivity contribution is 0.602. The standard InChI is InChI=1S/C20H19ClN2O2S/c1-4-19-18(21)11-17(14-7-9-16(10-8-14)26(3,24)25)20(23-19)15-6-5-13(2)22-12-15/h5-12H,4H2,1-3H3. The normalized spacial score (nSPS) is 11.5. The summed E-state index contributed by atoms with van der Waals surface area (Å²) >= 11 is 6.39. The summed E-state index contributed by atoms with van der Waals surface area (Å²) in [5, 5.41) is 0.596. The molecular weight excluding hydrogens is 368 g/mol. The molecule has 134 valence electrons. The van der Waals surface area contributed by atoms with Gasteiger partial charge in [0.2, 0.25) is 0 Å². The fourth-order valence-electron chi connectivity index (χ4n) is 2.70. The molecule has 0 aliphatic carbocycles. The molecule has 0 unspecified atom stereocenters. The second-order valence-electron chi connectivity index (χ2n) is 6.15. The fourth-order valence-corrected chi connectivity index (χ4v) is 3.62. The van der Waals surface area contributed by atoms with E-state index in [9.17, 15) is 8.42 Å². The molecule has 1 aromatic carbocycles. The van der Waals surface area contributed by atoms with Crippen molar-refractivity contribution in [1.82, 2.24) is 9.97 Å². The van der Waals surface area contributed by atoms with Crippen LogP contribution in [0.15, 0.2) is 53.6 Å². The number of hydrogen-bond acceptors (Lipinski definition) is 4. The second-order valence-corrected chi connectivity index (χ2v) is 8.57. The van der Waals surface area contributed by atoms with Crippen LogP contribution >= 0.6 is 11.6 Å². The summed E-state index contributed by atoms with van der Waals surface area (Å²) in [5.74, 6) is 0. The summed E-state index contributed by atoms with van der Waals surface area (Å²) in [6, 6.07) is 12.6. The topological polar surface area (TPSA) is 59.9 Å². The van der Waals surface area contributed by atoms with Gasteiger partial charge in [0.25, 0.3) is 0 Å². The molecule has 26 heavy (non-hydrogen) atoms. The number of halogens is 1. The van der Waals surface area contributed by atoms with Gasteiger partial charge in [-0.2, -0.15) is 0 Å². The molecule has 6 heteroatoms.